The number of rotatable bonds is 8. The standard InChI is InChI=1S/C22H23FN4O6/c1-22(13-4-9-16(32-2)17(10-13)33-3)20(30)27(21(31)26-22)12-19(29)24-11-18(28)25-15-7-5-14(23)6-8-15/h4-10H,11-12H2,1-3H3,(H,24,29)(H,25,28)(H,26,31). The molecule has 33 heavy (non-hydrogen) atoms. The molecule has 1 heterocycles. The largest absolute Gasteiger partial charge is 0.493 e. The molecular weight excluding hydrogens is 435 g/mol. The second-order valence-electron chi connectivity index (χ2n) is 7.35. The Bertz CT molecular complexity index is 1090. The molecule has 1 atom stereocenters. The van der Waals surface area contributed by atoms with Gasteiger partial charge in [0.1, 0.15) is 17.9 Å². The maximum atomic E-state index is 13.0. The Labute approximate surface area is 189 Å². The van der Waals surface area contributed by atoms with Gasteiger partial charge in [0, 0.05) is 5.69 Å². The van der Waals surface area contributed by atoms with Crippen LogP contribution in [0.5, 0.6) is 11.5 Å². The number of benzene rings is 2. The van der Waals surface area contributed by atoms with E-state index in [0.717, 1.165) is 4.90 Å². The van der Waals surface area contributed by atoms with Crippen molar-refractivity contribution in [3.8, 4) is 11.5 Å². The highest BCUT2D eigenvalue weighted by Gasteiger charge is 2.49. The number of nitrogens with zero attached hydrogens (tertiary/aromatic N) is 1. The Morgan fingerprint density at radius 1 is 1.03 bits per heavy atom. The van der Waals surface area contributed by atoms with E-state index >= 15 is 0 Å². The molecule has 1 saturated heterocycles. The lowest BCUT2D eigenvalue weighted by Gasteiger charge is -2.23. The topological polar surface area (TPSA) is 126 Å². The van der Waals surface area contributed by atoms with Gasteiger partial charge in [-0.05, 0) is 48.9 Å². The van der Waals surface area contributed by atoms with Crippen LogP contribution in [0, 0.1) is 5.82 Å². The van der Waals surface area contributed by atoms with Gasteiger partial charge >= 0.3 is 6.03 Å². The number of nitrogens with one attached hydrogen (secondary N) is 3. The first kappa shape index (κ1) is 23.5. The predicted octanol–water partition coefficient (Wildman–Crippen LogP) is 1.36. The summed E-state index contributed by atoms with van der Waals surface area (Å²) in [6.07, 6.45) is 0. The number of carbonyl (C=O) groups is 4. The highest BCUT2D eigenvalue weighted by Crippen LogP contribution is 2.35. The van der Waals surface area contributed by atoms with E-state index in [1.165, 1.54) is 45.4 Å². The number of ether oxygens (including phenoxy) is 2. The number of hydrogen-bond acceptors (Lipinski definition) is 6. The summed E-state index contributed by atoms with van der Waals surface area (Å²) in [6, 6.07) is 9.15. The number of halogens is 1. The second kappa shape index (κ2) is 9.55. The quantitative estimate of drug-likeness (QED) is 0.513. The zero-order chi connectivity index (χ0) is 24.2. The maximum absolute atomic E-state index is 13.0. The molecule has 1 unspecified atom stereocenters. The van der Waals surface area contributed by atoms with E-state index in [-0.39, 0.29) is 0 Å². The van der Waals surface area contributed by atoms with Gasteiger partial charge in [0.05, 0.1) is 20.8 Å². The fourth-order valence-corrected chi connectivity index (χ4v) is 3.30. The summed E-state index contributed by atoms with van der Waals surface area (Å²) >= 11 is 0. The van der Waals surface area contributed by atoms with Crippen molar-refractivity contribution in [2.75, 3.05) is 32.6 Å². The van der Waals surface area contributed by atoms with Crippen molar-refractivity contribution in [1.82, 2.24) is 15.5 Å². The number of hydrogen-bond donors (Lipinski definition) is 3. The van der Waals surface area contributed by atoms with Gasteiger partial charge in [0.2, 0.25) is 11.8 Å². The molecule has 1 aliphatic rings. The molecule has 11 heteroatoms. The number of anilines is 1. The molecule has 1 fully saturated rings. The van der Waals surface area contributed by atoms with Gasteiger partial charge in [-0.15, -0.1) is 0 Å². The molecule has 0 saturated carbocycles. The molecule has 0 radical (unpaired) electrons. The number of urea groups is 1. The van der Waals surface area contributed by atoms with Crippen LogP contribution in [0.15, 0.2) is 42.5 Å². The zero-order valence-corrected chi connectivity index (χ0v) is 18.2. The molecule has 174 valence electrons. The third-order valence-electron chi connectivity index (χ3n) is 5.11. The van der Waals surface area contributed by atoms with Crippen molar-refractivity contribution < 1.29 is 33.0 Å². The highest BCUT2D eigenvalue weighted by molar-refractivity contribution is 6.09. The Kier molecular flexibility index (Phi) is 6.80. The molecular formula is C22H23FN4O6. The molecule has 0 bridgehead atoms. The van der Waals surface area contributed by atoms with Crippen LogP contribution >= 0.6 is 0 Å². The minimum Gasteiger partial charge on any atom is -0.493 e. The Morgan fingerprint density at radius 3 is 2.33 bits per heavy atom. The van der Waals surface area contributed by atoms with Crippen LogP contribution in [0.3, 0.4) is 0 Å². The number of imide groups is 1. The SMILES string of the molecule is COc1ccc(C2(C)NC(=O)N(CC(=O)NCC(=O)Nc3ccc(F)cc3)C2=O)cc1OC. The van der Waals surface area contributed by atoms with Gasteiger partial charge in [-0.25, -0.2) is 9.18 Å². The first-order chi connectivity index (χ1) is 15.7. The summed E-state index contributed by atoms with van der Waals surface area (Å²) in [5.41, 5.74) is -0.618. The summed E-state index contributed by atoms with van der Waals surface area (Å²) in [4.78, 5) is 50.5. The van der Waals surface area contributed by atoms with Gasteiger partial charge in [-0.3, -0.25) is 19.3 Å². The van der Waals surface area contributed by atoms with Crippen molar-refractivity contribution in [3.05, 3.63) is 53.8 Å². The van der Waals surface area contributed by atoms with Gasteiger partial charge in [-0.2, -0.15) is 0 Å². The summed E-state index contributed by atoms with van der Waals surface area (Å²) in [7, 11) is 2.92. The fourth-order valence-electron chi connectivity index (χ4n) is 3.30. The number of methoxy groups -OCH3 is 2. The van der Waals surface area contributed by atoms with Crippen molar-refractivity contribution >= 4 is 29.4 Å². The van der Waals surface area contributed by atoms with Crippen molar-refractivity contribution in [1.29, 1.82) is 0 Å². The van der Waals surface area contributed by atoms with E-state index in [9.17, 15) is 23.6 Å². The average Bonchev–Trinajstić information content (AvgIpc) is 3.02. The Balaban J connectivity index is 1.61. The molecule has 2 aromatic rings. The monoisotopic (exact) mass is 458 g/mol. The van der Waals surface area contributed by atoms with Crippen LogP contribution in [-0.2, 0) is 19.9 Å². The predicted molar refractivity (Wildman–Crippen MR) is 115 cm³/mol. The molecule has 2 aromatic carbocycles. The fraction of sp³-hybridized carbons (Fsp3) is 0.273. The van der Waals surface area contributed by atoms with Crippen molar-refractivity contribution in [2.24, 2.45) is 0 Å². The lowest BCUT2D eigenvalue weighted by Crippen LogP contribution is -2.44. The van der Waals surface area contributed by atoms with Crippen LogP contribution in [0.25, 0.3) is 0 Å². The van der Waals surface area contributed by atoms with Crippen LogP contribution in [0.2, 0.25) is 0 Å². The minimum atomic E-state index is -1.42. The molecule has 10 nitrogen and oxygen atoms in total. The van der Waals surface area contributed by atoms with Crippen LogP contribution in [-0.4, -0.2) is 56.0 Å². The molecule has 0 spiro atoms. The second-order valence-corrected chi connectivity index (χ2v) is 7.35. The smallest absolute Gasteiger partial charge is 0.325 e. The lowest BCUT2D eigenvalue weighted by atomic mass is 9.91. The summed E-state index contributed by atoms with van der Waals surface area (Å²) in [6.45, 7) is 0.548. The highest BCUT2D eigenvalue weighted by atomic mass is 19.1. The molecule has 0 aromatic heterocycles. The van der Waals surface area contributed by atoms with E-state index < -0.39 is 48.2 Å². The lowest BCUT2D eigenvalue weighted by molar-refractivity contribution is -0.135. The molecule has 5 amide bonds. The van der Waals surface area contributed by atoms with Gasteiger partial charge in [-0.1, -0.05) is 6.07 Å². The van der Waals surface area contributed by atoms with E-state index in [2.05, 4.69) is 16.0 Å². The number of carbonyl (C=O) groups excluding carboxylic acids is 4. The van der Waals surface area contributed by atoms with Crippen LogP contribution in [0.1, 0.15) is 12.5 Å². The minimum absolute atomic E-state index is 0.357. The Hall–Kier alpha value is -4.15. The van der Waals surface area contributed by atoms with Gasteiger partial charge < -0.3 is 25.4 Å². The summed E-state index contributed by atoms with van der Waals surface area (Å²) in [5, 5.41) is 7.43. The average molecular weight is 458 g/mol. The van der Waals surface area contributed by atoms with Crippen LogP contribution < -0.4 is 25.4 Å². The molecule has 3 N–H and O–H groups in total. The van der Waals surface area contributed by atoms with Crippen molar-refractivity contribution in [2.45, 2.75) is 12.5 Å². The number of amides is 5. The van der Waals surface area contributed by atoms with Gasteiger partial charge in [0.25, 0.3) is 5.91 Å². The molecule has 3 rings (SSSR count). The van der Waals surface area contributed by atoms with Crippen molar-refractivity contribution in [3.63, 3.8) is 0 Å². The normalized spacial score (nSPS) is 17.4. The molecule has 1 aliphatic heterocycles. The van der Waals surface area contributed by atoms with E-state index in [1.807, 2.05) is 0 Å². The Morgan fingerprint density at radius 2 is 1.70 bits per heavy atom. The van der Waals surface area contributed by atoms with E-state index in [1.54, 1.807) is 18.2 Å². The first-order valence-corrected chi connectivity index (χ1v) is 9.86. The zero-order valence-electron chi connectivity index (χ0n) is 18.2. The van der Waals surface area contributed by atoms with Crippen LogP contribution in [0.4, 0.5) is 14.9 Å². The first-order valence-electron chi connectivity index (χ1n) is 9.86. The van der Waals surface area contributed by atoms with E-state index in [0.29, 0.717) is 22.7 Å². The molecule has 0 aliphatic carbocycles. The maximum Gasteiger partial charge on any atom is 0.325 e. The third-order valence-corrected chi connectivity index (χ3v) is 5.11. The third kappa shape index (κ3) is 5.03. The summed E-state index contributed by atoms with van der Waals surface area (Å²) < 4.78 is 23.4. The summed E-state index contributed by atoms with van der Waals surface area (Å²) in [5.74, 6) is -1.51. The van der Waals surface area contributed by atoms with Gasteiger partial charge in [0.15, 0.2) is 11.5 Å². The van der Waals surface area contributed by atoms with E-state index in [4.69, 9.17) is 9.47 Å².